The van der Waals surface area contributed by atoms with E-state index in [4.69, 9.17) is 11.5 Å². The van der Waals surface area contributed by atoms with E-state index in [1.54, 1.807) is 12.1 Å². The zero-order chi connectivity index (χ0) is 10.7. The second-order valence-electron chi connectivity index (χ2n) is 2.81. The molecule has 1 aromatic rings. The largest absolute Gasteiger partial charge is 0.329 e. The first-order chi connectivity index (χ1) is 6.56. The molecular weight excluding hydrogens is 285 g/mol. The van der Waals surface area contributed by atoms with Gasteiger partial charge in [-0.05, 0) is 27.6 Å². The number of nitrogens with zero attached hydrogens (tertiary/aromatic N) is 1. The van der Waals surface area contributed by atoms with Crippen molar-refractivity contribution in [3.8, 4) is 0 Å². The third-order valence-corrected chi connectivity index (χ3v) is 2.52. The fourth-order valence-corrected chi connectivity index (χ4v) is 1.43. The van der Waals surface area contributed by atoms with Crippen molar-refractivity contribution in [3.63, 3.8) is 0 Å². The van der Waals surface area contributed by atoms with E-state index >= 15 is 0 Å². The van der Waals surface area contributed by atoms with E-state index in [-0.39, 0.29) is 30.7 Å². The molecule has 1 atom stereocenters. The Morgan fingerprint density at radius 2 is 2.13 bits per heavy atom. The molecule has 0 aromatic heterocycles. The molecule has 0 spiro atoms. The summed E-state index contributed by atoms with van der Waals surface area (Å²) in [4.78, 5) is 10.1. The molecule has 0 unspecified atom stereocenters. The van der Waals surface area contributed by atoms with Gasteiger partial charge in [0.25, 0.3) is 5.69 Å². The minimum absolute atomic E-state index is 0. The van der Waals surface area contributed by atoms with E-state index in [2.05, 4.69) is 15.9 Å². The lowest BCUT2D eigenvalue weighted by atomic mass is 10.1. The zero-order valence-corrected chi connectivity index (χ0v) is 10.1. The van der Waals surface area contributed by atoms with Crippen LogP contribution >= 0.6 is 28.3 Å². The standard InChI is InChI=1S/C8H10BrN3O2.ClH/c9-6-2-1-5(7(11)4-10)3-8(6)12(13)14;/h1-3,7H,4,10-11H2;1H/t7-;/m0./s1. The van der Waals surface area contributed by atoms with Gasteiger partial charge >= 0.3 is 0 Å². The molecule has 1 aromatic carbocycles. The number of halogens is 2. The maximum absolute atomic E-state index is 10.6. The normalized spacial score (nSPS) is 11.7. The quantitative estimate of drug-likeness (QED) is 0.656. The van der Waals surface area contributed by atoms with Gasteiger partial charge in [-0.15, -0.1) is 12.4 Å². The first-order valence-corrected chi connectivity index (χ1v) is 4.75. The van der Waals surface area contributed by atoms with Gasteiger partial charge in [0.15, 0.2) is 0 Å². The number of nitro groups is 1. The van der Waals surface area contributed by atoms with Gasteiger partial charge in [0.1, 0.15) is 0 Å². The van der Waals surface area contributed by atoms with Gasteiger partial charge < -0.3 is 11.5 Å². The summed E-state index contributed by atoms with van der Waals surface area (Å²) in [6.45, 7) is 0.263. The lowest BCUT2D eigenvalue weighted by molar-refractivity contribution is -0.385. The second kappa shape index (κ2) is 6.02. The van der Waals surface area contributed by atoms with Crippen LogP contribution in [-0.4, -0.2) is 11.5 Å². The van der Waals surface area contributed by atoms with Gasteiger partial charge in [-0.1, -0.05) is 6.07 Å². The first-order valence-electron chi connectivity index (χ1n) is 3.95. The van der Waals surface area contributed by atoms with Crippen LogP contribution in [0.2, 0.25) is 0 Å². The second-order valence-corrected chi connectivity index (χ2v) is 3.66. The zero-order valence-electron chi connectivity index (χ0n) is 7.72. The number of nitrogens with two attached hydrogens (primary N) is 2. The maximum Gasteiger partial charge on any atom is 0.283 e. The van der Waals surface area contributed by atoms with E-state index in [0.717, 1.165) is 0 Å². The molecule has 7 heteroatoms. The molecule has 15 heavy (non-hydrogen) atoms. The number of rotatable bonds is 3. The number of nitro benzene ring substituents is 1. The SMILES string of the molecule is Cl.NC[C@H](N)c1ccc(Br)c([N+](=O)[O-])c1. The van der Waals surface area contributed by atoms with Crippen molar-refractivity contribution in [2.45, 2.75) is 6.04 Å². The maximum atomic E-state index is 10.6. The predicted molar refractivity (Wildman–Crippen MR) is 64.0 cm³/mol. The third-order valence-electron chi connectivity index (χ3n) is 1.85. The van der Waals surface area contributed by atoms with E-state index in [1.165, 1.54) is 6.07 Å². The van der Waals surface area contributed by atoms with E-state index in [1.807, 2.05) is 0 Å². The average molecular weight is 297 g/mol. The number of hydrogen-bond acceptors (Lipinski definition) is 4. The summed E-state index contributed by atoms with van der Waals surface area (Å²) >= 11 is 3.09. The predicted octanol–water partition coefficient (Wildman–Crippen LogP) is 1.74. The van der Waals surface area contributed by atoms with Crippen molar-refractivity contribution in [2.24, 2.45) is 11.5 Å². The van der Waals surface area contributed by atoms with Crippen LogP contribution in [0.1, 0.15) is 11.6 Å². The smallest absolute Gasteiger partial charge is 0.283 e. The Morgan fingerprint density at radius 1 is 1.53 bits per heavy atom. The summed E-state index contributed by atoms with van der Waals surface area (Å²) in [5.41, 5.74) is 11.7. The molecule has 0 bridgehead atoms. The highest BCUT2D eigenvalue weighted by molar-refractivity contribution is 9.10. The topological polar surface area (TPSA) is 95.2 Å². The fraction of sp³-hybridized carbons (Fsp3) is 0.250. The minimum atomic E-state index is -0.461. The van der Waals surface area contributed by atoms with Crippen molar-refractivity contribution in [3.05, 3.63) is 38.3 Å². The van der Waals surface area contributed by atoms with Crippen molar-refractivity contribution in [1.29, 1.82) is 0 Å². The van der Waals surface area contributed by atoms with E-state index < -0.39 is 4.92 Å². The van der Waals surface area contributed by atoms with Crippen LogP contribution in [0.4, 0.5) is 5.69 Å². The van der Waals surface area contributed by atoms with Crippen LogP contribution in [0.25, 0.3) is 0 Å². The van der Waals surface area contributed by atoms with Crippen molar-refractivity contribution < 1.29 is 4.92 Å². The van der Waals surface area contributed by atoms with Crippen LogP contribution in [0.15, 0.2) is 22.7 Å². The molecule has 0 amide bonds. The van der Waals surface area contributed by atoms with Gasteiger partial charge in [0, 0.05) is 18.7 Å². The summed E-state index contributed by atoms with van der Waals surface area (Å²) < 4.78 is 0.440. The summed E-state index contributed by atoms with van der Waals surface area (Å²) in [7, 11) is 0. The van der Waals surface area contributed by atoms with Crippen molar-refractivity contribution >= 4 is 34.0 Å². The molecule has 84 valence electrons. The Labute approximate surface area is 102 Å². The molecule has 0 aliphatic heterocycles. The van der Waals surface area contributed by atoms with E-state index in [9.17, 15) is 10.1 Å². The first kappa shape index (κ1) is 14.3. The van der Waals surface area contributed by atoms with Gasteiger partial charge in [-0.3, -0.25) is 10.1 Å². The molecule has 0 aliphatic rings. The highest BCUT2D eigenvalue weighted by Crippen LogP contribution is 2.27. The molecule has 0 heterocycles. The van der Waals surface area contributed by atoms with Gasteiger partial charge in [0.05, 0.1) is 9.40 Å². The van der Waals surface area contributed by atoms with Gasteiger partial charge in [-0.25, -0.2) is 0 Å². The average Bonchev–Trinajstić information content (AvgIpc) is 2.17. The molecule has 0 saturated heterocycles. The summed E-state index contributed by atoms with van der Waals surface area (Å²) in [5, 5.41) is 10.6. The Morgan fingerprint density at radius 3 is 2.60 bits per heavy atom. The molecule has 0 radical (unpaired) electrons. The monoisotopic (exact) mass is 295 g/mol. The molecule has 1 rings (SSSR count). The highest BCUT2D eigenvalue weighted by atomic mass is 79.9. The van der Waals surface area contributed by atoms with Gasteiger partial charge in [-0.2, -0.15) is 0 Å². The summed E-state index contributed by atoms with van der Waals surface area (Å²) in [6, 6.07) is 4.39. The molecular formula is C8H11BrClN3O2. The lowest BCUT2D eigenvalue weighted by Crippen LogP contribution is -2.20. The highest BCUT2D eigenvalue weighted by Gasteiger charge is 2.14. The van der Waals surface area contributed by atoms with E-state index in [0.29, 0.717) is 10.0 Å². The van der Waals surface area contributed by atoms with Gasteiger partial charge in [0.2, 0.25) is 0 Å². The molecule has 0 fully saturated rings. The van der Waals surface area contributed by atoms with Crippen LogP contribution in [0, 0.1) is 10.1 Å². The molecule has 5 nitrogen and oxygen atoms in total. The van der Waals surface area contributed by atoms with Crippen LogP contribution in [0.5, 0.6) is 0 Å². The Kier molecular flexibility index (Phi) is 5.74. The third kappa shape index (κ3) is 3.42. The Balaban J connectivity index is 0.00000196. The summed E-state index contributed by atoms with van der Waals surface area (Å²) in [5.74, 6) is 0. The van der Waals surface area contributed by atoms with Crippen molar-refractivity contribution in [2.75, 3.05) is 6.54 Å². The van der Waals surface area contributed by atoms with Crippen LogP contribution in [-0.2, 0) is 0 Å². The summed E-state index contributed by atoms with van der Waals surface area (Å²) in [6.07, 6.45) is 0. The van der Waals surface area contributed by atoms with Crippen LogP contribution in [0.3, 0.4) is 0 Å². The minimum Gasteiger partial charge on any atom is -0.329 e. The Bertz CT molecular complexity index is 362. The number of hydrogen-bond donors (Lipinski definition) is 2. The molecule has 4 N–H and O–H groups in total. The Hall–Kier alpha value is -0.690. The molecule has 0 aliphatic carbocycles. The van der Waals surface area contributed by atoms with Crippen molar-refractivity contribution in [1.82, 2.24) is 0 Å². The number of benzene rings is 1. The molecule has 0 saturated carbocycles. The lowest BCUT2D eigenvalue weighted by Gasteiger charge is -2.08. The van der Waals surface area contributed by atoms with Crippen LogP contribution < -0.4 is 11.5 Å². The fourth-order valence-electron chi connectivity index (χ4n) is 1.04.